The van der Waals surface area contributed by atoms with Crippen LogP contribution in [0.5, 0.6) is 11.5 Å². The molecule has 0 spiro atoms. The lowest BCUT2D eigenvalue weighted by atomic mass is 10.2. The Morgan fingerprint density at radius 2 is 1.23 bits per heavy atom. The monoisotopic (exact) mass is 440 g/mol. The van der Waals surface area contributed by atoms with Crippen LogP contribution in [0.4, 0.5) is 0 Å². The van der Waals surface area contributed by atoms with Crippen LogP contribution < -0.4 is 9.05 Å². The molecule has 0 saturated heterocycles. The predicted octanol–water partition coefficient (Wildman–Crippen LogP) is 8.43. The summed E-state index contributed by atoms with van der Waals surface area (Å²) in [6.07, 6.45) is 5.19. The molecule has 30 heavy (non-hydrogen) atoms. The molecule has 0 bridgehead atoms. The van der Waals surface area contributed by atoms with E-state index in [0.29, 0.717) is 11.5 Å². The van der Waals surface area contributed by atoms with Crippen LogP contribution in [0.25, 0.3) is 0 Å². The van der Waals surface area contributed by atoms with Crippen molar-refractivity contribution < 1.29 is 13.6 Å². The number of thioether (sulfide) groups is 1. The highest BCUT2D eigenvalue weighted by molar-refractivity contribution is 8.05. The molecule has 0 aliphatic heterocycles. The van der Waals surface area contributed by atoms with E-state index in [2.05, 4.69) is 6.92 Å². The van der Waals surface area contributed by atoms with Gasteiger partial charge in [0, 0.05) is 4.90 Å². The fraction of sp³-hybridized carbons (Fsp3) is 0.280. The van der Waals surface area contributed by atoms with Crippen LogP contribution in [0.1, 0.15) is 39.0 Å². The van der Waals surface area contributed by atoms with Gasteiger partial charge in [-0.05, 0) is 42.8 Å². The van der Waals surface area contributed by atoms with Gasteiger partial charge in [0.25, 0.3) is 0 Å². The van der Waals surface area contributed by atoms with Gasteiger partial charge >= 0.3 is 7.60 Å². The van der Waals surface area contributed by atoms with Gasteiger partial charge in [0.05, 0.1) is 0 Å². The van der Waals surface area contributed by atoms with Gasteiger partial charge in [-0.3, -0.25) is 0 Å². The van der Waals surface area contributed by atoms with Crippen molar-refractivity contribution in [2.24, 2.45) is 0 Å². The summed E-state index contributed by atoms with van der Waals surface area (Å²) in [6.45, 7) is 2.19. The topological polar surface area (TPSA) is 35.5 Å². The fourth-order valence-electron chi connectivity index (χ4n) is 3.08. The fourth-order valence-corrected chi connectivity index (χ4v) is 6.73. The summed E-state index contributed by atoms with van der Waals surface area (Å²) >= 11 is 1.58. The molecule has 0 saturated carbocycles. The highest BCUT2D eigenvalue weighted by atomic mass is 32.2. The lowest BCUT2D eigenvalue weighted by molar-refractivity contribution is 0.379. The number of hydrogen-bond donors (Lipinski definition) is 0. The zero-order chi connectivity index (χ0) is 21.1. The van der Waals surface area contributed by atoms with Crippen molar-refractivity contribution in [2.45, 2.75) is 48.9 Å². The number of hydrogen-bond acceptors (Lipinski definition) is 4. The van der Waals surface area contributed by atoms with Gasteiger partial charge < -0.3 is 9.05 Å². The first kappa shape index (κ1) is 22.5. The molecule has 5 heteroatoms. The first-order chi connectivity index (χ1) is 14.7. The summed E-state index contributed by atoms with van der Waals surface area (Å²) in [5, 5.41) is 0. The first-order valence-corrected chi connectivity index (χ1v) is 13.0. The zero-order valence-electron chi connectivity index (χ0n) is 17.4. The third-order valence-electron chi connectivity index (χ3n) is 4.62. The minimum Gasteiger partial charge on any atom is -0.415 e. The summed E-state index contributed by atoms with van der Waals surface area (Å²) in [4.78, 5) is 0.753. The Balaban J connectivity index is 1.89. The van der Waals surface area contributed by atoms with E-state index in [1.807, 2.05) is 91.0 Å². The van der Waals surface area contributed by atoms with Crippen molar-refractivity contribution in [3.05, 3.63) is 91.0 Å². The van der Waals surface area contributed by atoms with Crippen molar-refractivity contribution >= 4 is 19.4 Å². The molecule has 0 radical (unpaired) electrons. The number of para-hydroxylation sites is 2. The average Bonchev–Trinajstić information content (AvgIpc) is 2.78. The van der Waals surface area contributed by atoms with Crippen LogP contribution in [0.15, 0.2) is 95.9 Å². The second-order valence-corrected chi connectivity index (χ2v) is 10.8. The summed E-state index contributed by atoms with van der Waals surface area (Å²) in [7, 11) is -3.52. The van der Waals surface area contributed by atoms with Crippen LogP contribution in [0, 0.1) is 0 Å². The molecule has 3 rings (SSSR count). The third kappa shape index (κ3) is 6.97. The molecular weight excluding hydrogens is 411 g/mol. The lowest BCUT2D eigenvalue weighted by Crippen LogP contribution is -2.14. The van der Waals surface area contributed by atoms with Gasteiger partial charge in [0.15, 0.2) is 0 Å². The maximum absolute atomic E-state index is 14.3. The smallest absolute Gasteiger partial charge is 0.415 e. The van der Waals surface area contributed by atoms with Crippen molar-refractivity contribution in [3.63, 3.8) is 0 Å². The largest absolute Gasteiger partial charge is 0.443 e. The zero-order valence-corrected chi connectivity index (χ0v) is 19.1. The van der Waals surface area contributed by atoms with E-state index in [9.17, 15) is 4.57 Å². The van der Waals surface area contributed by atoms with Crippen LogP contribution in [-0.2, 0) is 4.57 Å². The Bertz CT molecular complexity index is 858. The highest BCUT2D eigenvalue weighted by Gasteiger charge is 2.40. The van der Waals surface area contributed by atoms with E-state index in [-0.39, 0.29) is 4.99 Å². The van der Waals surface area contributed by atoms with Gasteiger partial charge in [0.2, 0.25) is 0 Å². The standard InChI is InChI=1S/C25H29O3PS/c1-2-3-4-14-21-25(30-24-19-12-7-13-20-24)29(26,27-22-15-8-5-9-16-22)28-23-17-10-6-11-18-23/h5-13,15-20,25H,2-4,14,21H2,1H3. The first-order valence-electron chi connectivity index (χ1n) is 10.5. The Labute approximate surface area is 184 Å². The molecule has 0 heterocycles. The second-order valence-electron chi connectivity index (χ2n) is 7.08. The van der Waals surface area contributed by atoms with Crippen molar-refractivity contribution in [1.82, 2.24) is 0 Å². The summed E-state index contributed by atoms with van der Waals surface area (Å²) in [5.41, 5.74) is 0. The van der Waals surface area contributed by atoms with Gasteiger partial charge in [-0.25, -0.2) is 4.57 Å². The normalized spacial score (nSPS) is 12.3. The molecule has 0 aromatic heterocycles. The molecule has 158 valence electrons. The van der Waals surface area contributed by atoms with Crippen LogP contribution in [0.3, 0.4) is 0 Å². The highest BCUT2D eigenvalue weighted by Crippen LogP contribution is 2.59. The van der Waals surface area contributed by atoms with Gasteiger partial charge in [0.1, 0.15) is 16.5 Å². The van der Waals surface area contributed by atoms with Crippen LogP contribution in [-0.4, -0.2) is 4.99 Å². The Hall–Kier alpha value is -2.16. The third-order valence-corrected chi connectivity index (χ3v) is 8.66. The van der Waals surface area contributed by atoms with Crippen LogP contribution >= 0.6 is 19.4 Å². The molecule has 1 unspecified atom stereocenters. The number of rotatable bonds is 12. The molecule has 3 aromatic rings. The van der Waals surface area contributed by atoms with Gasteiger partial charge in [-0.2, -0.15) is 0 Å². The molecule has 0 aliphatic rings. The Morgan fingerprint density at radius 3 is 1.73 bits per heavy atom. The van der Waals surface area contributed by atoms with E-state index in [1.165, 1.54) is 6.42 Å². The SMILES string of the molecule is CCCCCCC(Sc1ccccc1)P(=O)(Oc1ccccc1)Oc1ccccc1. The van der Waals surface area contributed by atoms with Crippen molar-refractivity contribution in [2.75, 3.05) is 0 Å². The molecule has 0 fully saturated rings. The second kappa shape index (κ2) is 11.9. The maximum Gasteiger partial charge on any atom is 0.443 e. The van der Waals surface area contributed by atoms with Gasteiger partial charge in [-0.15, -0.1) is 11.8 Å². The summed E-state index contributed by atoms with van der Waals surface area (Å²) in [5.74, 6) is 1.12. The Kier molecular flexibility index (Phi) is 8.92. The summed E-state index contributed by atoms with van der Waals surface area (Å²) < 4.78 is 26.5. The molecule has 0 aliphatic carbocycles. The van der Waals surface area contributed by atoms with E-state index in [4.69, 9.17) is 9.05 Å². The number of benzene rings is 3. The predicted molar refractivity (Wildman–Crippen MR) is 127 cm³/mol. The van der Waals surface area contributed by atoms with Crippen molar-refractivity contribution in [3.8, 4) is 11.5 Å². The quantitative estimate of drug-likeness (QED) is 0.161. The van der Waals surface area contributed by atoms with Crippen molar-refractivity contribution in [1.29, 1.82) is 0 Å². The minimum absolute atomic E-state index is 0.308. The van der Waals surface area contributed by atoms with E-state index in [1.54, 1.807) is 11.8 Å². The van der Waals surface area contributed by atoms with E-state index in [0.717, 1.165) is 30.6 Å². The lowest BCUT2D eigenvalue weighted by Gasteiger charge is -2.27. The van der Waals surface area contributed by atoms with E-state index >= 15 is 0 Å². The Morgan fingerprint density at radius 1 is 0.733 bits per heavy atom. The molecule has 0 N–H and O–H groups in total. The molecule has 1 atom stereocenters. The van der Waals surface area contributed by atoms with E-state index < -0.39 is 7.60 Å². The van der Waals surface area contributed by atoms with Crippen LogP contribution in [0.2, 0.25) is 0 Å². The van der Waals surface area contributed by atoms with Gasteiger partial charge in [-0.1, -0.05) is 87.2 Å². The molecule has 3 nitrogen and oxygen atoms in total. The molecule has 0 amide bonds. The molecule has 3 aromatic carbocycles. The average molecular weight is 441 g/mol. The molecular formula is C25H29O3PS. The summed E-state index contributed by atoms with van der Waals surface area (Å²) in [6, 6.07) is 28.7. The number of unbranched alkanes of at least 4 members (excludes halogenated alkanes) is 3. The maximum atomic E-state index is 14.3. The minimum atomic E-state index is -3.52.